The van der Waals surface area contributed by atoms with Gasteiger partial charge < -0.3 is 5.32 Å². The van der Waals surface area contributed by atoms with Crippen LogP contribution in [0.1, 0.15) is 29.2 Å². The van der Waals surface area contributed by atoms with Gasteiger partial charge in [-0.15, -0.1) is 11.8 Å². The fraction of sp³-hybridized carbons (Fsp3) is 0.148. The summed E-state index contributed by atoms with van der Waals surface area (Å²) in [6, 6.07) is 24.7. The smallest absolute Gasteiger partial charge is 0.268 e. The molecule has 0 saturated carbocycles. The Morgan fingerprint density at radius 1 is 0.848 bits per heavy atom. The van der Waals surface area contributed by atoms with E-state index < -0.39 is 0 Å². The van der Waals surface area contributed by atoms with Gasteiger partial charge in [0.2, 0.25) is 5.91 Å². The lowest BCUT2D eigenvalue weighted by atomic mass is 10.1. The van der Waals surface area contributed by atoms with Crippen LogP contribution in [-0.2, 0) is 26.7 Å². The number of nitrogens with one attached hydrogen (secondary N) is 1. The number of carbonyl (C=O) groups excluding carboxylic acids is 3. The summed E-state index contributed by atoms with van der Waals surface area (Å²) in [6.45, 7) is 3.66. The lowest BCUT2D eigenvalue weighted by molar-refractivity contribution is -0.137. The van der Waals surface area contributed by atoms with Crippen molar-refractivity contribution in [3.8, 4) is 0 Å². The molecule has 0 radical (unpaired) electrons. The van der Waals surface area contributed by atoms with Gasteiger partial charge in [0.15, 0.2) is 0 Å². The van der Waals surface area contributed by atoms with Gasteiger partial charge >= 0.3 is 0 Å². The highest BCUT2D eigenvalue weighted by Crippen LogP contribution is 2.38. The standard InChI is InChI=1S/C27H24N2O3S/c1-18-8-10-20(11-9-18)16-29-26(31)24(22-12-14-23(15-13-22)28-19(2)30)25(27(29)32)33-17-21-6-4-3-5-7-21/h3-15H,16-17H2,1-2H3,(H,28,30). The molecule has 1 heterocycles. The Kier molecular flexibility index (Phi) is 6.75. The molecule has 0 unspecified atom stereocenters. The fourth-order valence-corrected chi connectivity index (χ4v) is 4.70. The van der Waals surface area contributed by atoms with Crippen molar-refractivity contribution >= 4 is 40.7 Å². The largest absolute Gasteiger partial charge is 0.326 e. The molecule has 166 valence electrons. The zero-order valence-corrected chi connectivity index (χ0v) is 19.3. The van der Waals surface area contributed by atoms with E-state index in [-0.39, 0.29) is 24.3 Å². The minimum atomic E-state index is -0.302. The van der Waals surface area contributed by atoms with Gasteiger partial charge in [0.05, 0.1) is 17.0 Å². The quantitative estimate of drug-likeness (QED) is 0.498. The zero-order chi connectivity index (χ0) is 23.4. The lowest BCUT2D eigenvalue weighted by Gasteiger charge is -2.15. The van der Waals surface area contributed by atoms with E-state index in [4.69, 9.17) is 0 Å². The molecule has 33 heavy (non-hydrogen) atoms. The Morgan fingerprint density at radius 3 is 2.15 bits per heavy atom. The van der Waals surface area contributed by atoms with E-state index in [1.54, 1.807) is 24.3 Å². The van der Waals surface area contributed by atoms with Gasteiger partial charge in [-0.1, -0.05) is 72.3 Å². The SMILES string of the molecule is CC(=O)Nc1ccc(C2=C(SCc3ccccc3)C(=O)N(Cc3ccc(C)cc3)C2=O)cc1. The number of aryl methyl sites for hydroxylation is 1. The van der Waals surface area contributed by atoms with E-state index >= 15 is 0 Å². The number of hydrogen-bond acceptors (Lipinski definition) is 4. The molecular formula is C27H24N2O3S. The fourth-order valence-electron chi connectivity index (χ4n) is 3.62. The minimum absolute atomic E-state index is 0.169. The summed E-state index contributed by atoms with van der Waals surface area (Å²) < 4.78 is 0. The van der Waals surface area contributed by atoms with Crippen molar-refractivity contribution in [1.29, 1.82) is 0 Å². The summed E-state index contributed by atoms with van der Waals surface area (Å²) in [7, 11) is 0. The van der Waals surface area contributed by atoms with Crippen LogP contribution in [-0.4, -0.2) is 22.6 Å². The van der Waals surface area contributed by atoms with E-state index in [9.17, 15) is 14.4 Å². The van der Waals surface area contributed by atoms with Gasteiger partial charge in [-0.3, -0.25) is 19.3 Å². The number of nitrogens with zero attached hydrogens (tertiary/aromatic N) is 1. The second kappa shape index (κ2) is 9.88. The first kappa shape index (κ1) is 22.6. The summed E-state index contributed by atoms with van der Waals surface area (Å²) in [4.78, 5) is 39.9. The summed E-state index contributed by atoms with van der Waals surface area (Å²) in [6.07, 6.45) is 0. The molecule has 3 aromatic rings. The predicted molar refractivity (Wildman–Crippen MR) is 132 cm³/mol. The molecule has 1 N–H and O–H groups in total. The van der Waals surface area contributed by atoms with Crippen LogP contribution in [0.5, 0.6) is 0 Å². The van der Waals surface area contributed by atoms with Gasteiger partial charge in [0.1, 0.15) is 0 Å². The molecule has 4 rings (SSSR count). The number of rotatable bonds is 7. The second-order valence-electron chi connectivity index (χ2n) is 7.92. The van der Waals surface area contributed by atoms with Crippen LogP contribution in [0.15, 0.2) is 83.8 Å². The normalized spacial score (nSPS) is 13.6. The van der Waals surface area contributed by atoms with Crippen molar-refractivity contribution in [2.24, 2.45) is 0 Å². The molecule has 0 aliphatic carbocycles. The van der Waals surface area contributed by atoms with Crippen molar-refractivity contribution in [2.75, 3.05) is 5.32 Å². The molecule has 1 aliphatic heterocycles. The molecular weight excluding hydrogens is 432 g/mol. The first-order valence-electron chi connectivity index (χ1n) is 10.6. The van der Waals surface area contributed by atoms with E-state index in [2.05, 4.69) is 5.32 Å². The summed E-state index contributed by atoms with van der Waals surface area (Å²) >= 11 is 1.38. The van der Waals surface area contributed by atoms with Gasteiger partial charge in [-0.2, -0.15) is 0 Å². The number of amides is 3. The van der Waals surface area contributed by atoms with Crippen LogP contribution in [0.4, 0.5) is 5.69 Å². The minimum Gasteiger partial charge on any atom is -0.326 e. The average molecular weight is 457 g/mol. The van der Waals surface area contributed by atoms with E-state index in [1.807, 2.05) is 61.5 Å². The van der Waals surface area contributed by atoms with Crippen LogP contribution in [0.3, 0.4) is 0 Å². The number of benzene rings is 3. The molecule has 0 aromatic heterocycles. The van der Waals surface area contributed by atoms with Crippen molar-refractivity contribution in [3.63, 3.8) is 0 Å². The molecule has 3 amide bonds. The first-order chi connectivity index (χ1) is 15.9. The summed E-state index contributed by atoms with van der Waals surface area (Å²) in [5.74, 6) is -0.163. The predicted octanol–water partition coefficient (Wildman–Crippen LogP) is 5.17. The average Bonchev–Trinajstić information content (AvgIpc) is 3.04. The highest BCUT2D eigenvalue weighted by Gasteiger charge is 2.39. The monoisotopic (exact) mass is 456 g/mol. The molecule has 3 aromatic carbocycles. The Morgan fingerprint density at radius 2 is 1.52 bits per heavy atom. The Balaban J connectivity index is 1.65. The van der Waals surface area contributed by atoms with Gasteiger partial charge in [0, 0.05) is 18.4 Å². The van der Waals surface area contributed by atoms with E-state index in [0.717, 1.165) is 16.7 Å². The van der Waals surface area contributed by atoms with Crippen molar-refractivity contribution in [3.05, 3.63) is 106 Å². The molecule has 6 heteroatoms. The highest BCUT2D eigenvalue weighted by atomic mass is 32.2. The topological polar surface area (TPSA) is 66.5 Å². The van der Waals surface area contributed by atoms with Crippen molar-refractivity contribution in [2.45, 2.75) is 26.1 Å². The van der Waals surface area contributed by atoms with E-state index in [0.29, 0.717) is 27.5 Å². The third-order valence-corrected chi connectivity index (χ3v) is 6.45. The molecule has 1 aliphatic rings. The van der Waals surface area contributed by atoms with Crippen LogP contribution in [0.2, 0.25) is 0 Å². The second-order valence-corrected chi connectivity index (χ2v) is 8.90. The number of hydrogen-bond donors (Lipinski definition) is 1. The van der Waals surface area contributed by atoms with Gasteiger partial charge in [-0.25, -0.2) is 0 Å². The maximum absolute atomic E-state index is 13.4. The maximum Gasteiger partial charge on any atom is 0.268 e. The molecule has 0 fully saturated rings. The van der Waals surface area contributed by atoms with Crippen molar-refractivity contribution in [1.82, 2.24) is 4.90 Å². The maximum atomic E-state index is 13.4. The number of anilines is 1. The first-order valence-corrected chi connectivity index (χ1v) is 11.6. The van der Waals surface area contributed by atoms with Crippen molar-refractivity contribution < 1.29 is 14.4 Å². The van der Waals surface area contributed by atoms with Gasteiger partial charge in [0.25, 0.3) is 11.8 Å². The number of thioether (sulfide) groups is 1. The Bertz CT molecular complexity index is 1220. The molecule has 0 saturated heterocycles. The molecule has 0 atom stereocenters. The molecule has 0 bridgehead atoms. The third-order valence-electron chi connectivity index (χ3n) is 5.31. The summed E-state index contributed by atoms with van der Waals surface area (Å²) in [5.41, 5.74) is 4.80. The third kappa shape index (κ3) is 5.23. The van der Waals surface area contributed by atoms with Gasteiger partial charge in [-0.05, 0) is 35.7 Å². The Labute approximate surface area is 197 Å². The number of carbonyl (C=O) groups is 3. The highest BCUT2D eigenvalue weighted by molar-refractivity contribution is 8.03. The number of imide groups is 1. The Hall–Kier alpha value is -3.64. The van der Waals surface area contributed by atoms with Crippen LogP contribution in [0.25, 0.3) is 5.57 Å². The van der Waals surface area contributed by atoms with Crippen LogP contribution in [0, 0.1) is 6.92 Å². The summed E-state index contributed by atoms with van der Waals surface area (Å²) in [5, 5.41) is 2.72. The zero-order valence-electron chi connectivity index (χ0n) is 18.5. The lowest BCUT2D eigenvalue weighted by Crippen LogP contribution is -2.30. The van der Waals surface area contributed by atoms with Crippen LogP contribution >= 0.6 is 11.8 Å². The molecule has 5 nitrogen and oxygen atoms in total. The van der Waals surface area contributed by atoms with E-state index in [1.165, 1.54) is 23.6 Å². The molecule has 0 spiro atoms. The van der Waals surface area contributed by atoms with Crippen LogP contribution < -0.4 is 5.32 Å².